The predicted octanol–water partition coefficient (Wildman–Crippen LogP) is 1.79. The molecule has 1 saturated heterocycles. The molecule has 0 N–H and O–H groups in total. The summed E-state index contributed by atoms with van der Waals surface area (Å²) in [5.41, 5.74) is 3.37. The molecule has 0 amide bonds. The van der Waals surface area contributed by atoms with E-state index < -0.39 is 0 Å². The third kappa shape index (κ3) is 2.46. The third-order valence-corrected chi connectivity index (χ3v) is 4.51. The molecule has 0 radical (unpaired) electrons. The summed E-state index contributed by atoms with van der Waals surface area (Å²) in [5.74, 6) is 1.06. The van der Waals surface area contributed by atoms with Crippen molar-refractivity contribution in [2.45, 2.75) is 18.9 Å². The van der Waals surface area contributed by atoms with Crippen molar-refractivity contribution < 1.29 is 4.74 Å². The van der Waals surface area contributed by atoms with Crippen LogP contribution in [0.15, 0.2) is 30.6 Å². The van der Waals surface area contributed by atoms with Crippen LogP contribution in [0.4, 0.5) is 0 Å². The topological polar surface area (TPSA) is 54.1 Å². The van der Waals surface area contributed by atoms with E-state index in [1.54, 1.807) is 6.20 Å². The summed E-state index contributed by atoms with van der Waals surface area (Å²) in [7, 11) is 0. The number of nitrogens with zero attached hydrogens (tertiary/aromatic N) is 4. The summed E-state index contributed by atoms with van der Waals surface area (Å²) in [6.07, 6.45) is 5.58. The first-order valence-corrected chi connectivity index (χ1v) is 7.73. The van der Waals surface area contributed by atoms with Crippen LogP contribution in [-0.4, -0.2) is 40.9 Å². The molecule has 22 heavy (non-hydrogen) atoms. The summed E-state index contributed by atoms with van der Waals surface area (Å²) in [6, 6.07) is 9.09. The van der Waals surface area contributed by atoms with Crippen LogP contribution in [0.2, 0.25) is 0 Å². The van der Waals surface area contributed by atoms with Crippen molar-refractivity contribution in [2.75, 3.05) is 26.2 Å². The molecule has 0 saturated carbocycles. The number of benzene rings is 1. The van der Waals surface area contributed by atoms with Crippen molar-refractivity contribution in [1.82, 2.24) is 14.7 Å². The number of fused-ring (bicyclic) bond motifs is 1. The molecule has 2 aromatic rings. The molecule has 5 nitrogen and oxygen atoms in total. The molecule has 1 aromatic carbocycles. The number of nitriles is 1. The van der Waals surface area contributed by atoms with Gasteiger partial charge in [-0.2, -0.15) is 10.4 Å². The van der Waals surface area contributed by atoms with Crippen LogP contribution < -0.4 is 4.74 Å². The van der Waals surface area contributed by atoms with Crippen molar-refractivity contribution >= 4 is 0 Å². The Bertz CT molecular complexity index is 725. The van der Waals surface area contributed by atoms with Crippen LogP contribution in [0.3, 0.4) is 0 Å². The van der Waals surface area contributed by atoms with E-state index in [0.29, 0.717) is 11.6 Å². The van der Waals surface area contributed by atoms with Crippen molar-refractivity contribution in [3.05, 3.63) is 47.3 Å². The maximum absolute atomic E-state index is 8.83. The zero-order valence-corrected chi connectivity index (χ0v) is 12.4. The summed E-state index contributed by atoms with van der Waals surface area (Å²) >= 11 is 0. The fourth-order valence-electron chi connectivity index (χ4n) is 3.17. The standard InChI is InChI=1S/C17H18N4O/c18-8-14-9-19-21(10-14)16-11-20(12-16)5-3-13-1-2-17-15(7-13)4-6-22-17/h1-2,7,9-10,16H,3-6,11-12H2. The van der Waals surface area contributed by atoms with Gasteiger partial charge in [0, 0.05) is 32.3 Å². The molecular formula is C17H18N4O. The summed E-state index contributed by atoms with van der Waals surface area (Å²) in [5, 5.41) is 13.1. The maximum Gasteiger partial charge on any atom is 0.122 e. The number of ether oxygens (including phenoxy) is 1. The predicted molar refractivity (Wildman–Crippen MR) is 81.8 cm³/mol. The van der Waals surface area contributed by atoms with E-state index in [4.69, 9.17) is 10.00 Å². The van der Waals surface area contributed by atoms with Gasteiger partial charge in [0.05, 0.1) is 24.4 Å². The highest BCUT2D eigenvalue weighted by Gasteiger charge is 2.28. The second-order valence-electron chi connectivity index (χ2n) is 6.02. The van der Waals surface area contributed by atoms with Gasteiger partial charge in [0.1, 0.15) is 11.8 Å². The lowest BCUT2D eigenvalue weighted by Crippen LogP contribution is -2.48. The normalized spacial score (nSPS) is 17.6. The van der Waals surface area contributed by atoms with E-state index in [-0.39, 0.29) is 0 Å². The molecule has 1 aromatic heterocycles. The molecule has 4 rings (SSSR count). The van der Waals surface area contributed by atoms with Crippen LogP contribution in [0.25, 0.3) is 0 Å². The number of hydrogen-bond acceptors (Lipinski definition) is 4. The van der Waals surface area contributed by atoms with E-state index in [1.807, 2.05) is 10.9 Å². The lowest BCUT2D eigenvalue weighted by Gasteiger charge is -2.39. The molecule has 112 valence electrons. The van der Waals surface area contributed by atoms with Gasteiger partial charge in [-0.15, -0.1) is 0 Å². The smallest absolute Gasteiger partial charge is 0.122 e. The Labute approximate surface area is 129 Å². The summed E-state index contributed by atoms with van der Waals surface area (Å²) in [4.78, 5) is 2.43. The van der Waals surface area contributed by atoms with E-state index in [9.17, 15) is 0 Å². The Morgan fingerprint density at radius 1 is 1.36 bits per heavy atom. The highest BCUT2D eigenvalue weighted by Crippen LogP contribution is 2.27. The van der Waals surface area contributed by atoms with Crippen LogP contribution >= 0.6 is 0 Å². The molecule has 0 bridgehead atoms. The molecule has 5 heteroatoms. The first kappa shape index (κ1) is 13.4. The zero-order valence-electron chi connectivity index (χ0n) is 12.4. The monoisotopic (exact) mass is 294 g/mol. The number of aromatic nitrogens is 2. The average molecular weight is 294 g/mol. The van der Waals surface area contributed by atoms with Crippen LogP contribution in [0, 0.1) is 11.3 Å². The third-order valence-electron chi connectivity index (χ3n) is 4.51. The van der Waals surface area contributed by atoms with Gasteiger partial charge >= 0.3 is 0 Å². The van der Waals surface area contributed by atoms with Crippen molar-refractivity contribution in [3.63, 3.8) is 0 Å². The zero-order chi connectivity index (χ0) is 14.9. The van der Waals surface area contributed by atoms with Crippen LogP contribution in [-0.2, 0) is 12.8 Å². The molecule has 2 aliphatic rings. The average Bonchev–Trinajstić information content (AvgIpc) is 3.13. The van der Waals surface area contributed by atoms with Gasteiger partial charge in [0.25, 0.3) is 0 Å². The van der Waals surface area contributed by atoms with Gasteiger partial charge in [0.2, 0.25) is 0 Å². The quantitative estimate of drug-likeness (QED) is 0.862. The van der Waals surface area contributed by atoms with Crippen LogP contribution in [0.5, 0.6) is 5.75 Å². The minimum Gasteiger partial charge on any atom is -0.493 e. The molecule has 1 fully saturated rings. The molecule has 0 atom stereocenters. The van der Waals surface area contributed by atoms with Crippen molar-refractivity contribution in [3.8, 4) is 11.8 Å². The van der Waals surface area contributed by atoms with Gasteiger partial charge in [-0.1, -0.05) is 12.1 Å². The summed E-state index contributed by atoms with van der Waals surface area (Å²) < 4.78 is 7.46. The lowest BCUT2D eigenvalue weighted by atomic mass is 10.0. The second kappa shape index (κ2) is 5.47. The minimum atomic E-state index is 0.413. The number of likely N-dealkylation sites (tertiary alicyclic amines) is 1. The Hall–Kier alpha value is -2.32. The Balaban J connectivity index is 1.29. The highest BCUT2D eigenvalue weighted by molar-refractivity contribution is 5.39. The van der Waals surface area contributed by atoms with E-state index in [0.717, 1.165) is 44.8 Å². The van der Waals surface area contributed by atoms with Crippen molar-refractivity contribution in [2.24, 2.45) is 0 Å². The molecule has 0 spiro atoms. The van der Waals surface area contributed by atoms with Gasteiger partial charge in [-0.3, -0.25) is 9.58 Å². The van der Waals surface area contributed by atoms with E-state index in [1.165, 1.54) is 11.1 Å². The Morgan fingerprint density at radius 2 is 2.27 bits per heavy atom. The van der Waals surface area contributed by atoms with Gasteiger partial charge in [0.15, 0.2) is 0 Å². The van der Waals surface area contributed by atoms with Crippen molar-refractivity contribution in [1.29, 1.82) is 5.26 Å². The number of hydrogen-bond donors (Lipinski definition) is 0. The largest absolute Gasteiger partial charge is 0.493 e. The van der Waals surface area contributed by atoms with Gasteiger partial charge in [-0.25, -0.2) is 0 Å². The molecule has 2 aliphatic heterocycles. The SMILES string of the molecule is N#Cc1cnn(C2CN(CCc3ccc4c(c3)CCO4)C2)c1. The fraction of sp³-hybridized carbons (Fsp3) is 0.412. The Morgan fingerprint density at radius 3 is 3.09 bits per heavy atom. The van der Waals surface area contributed by atoms with Gasteiger partial charge in [-0.05, 0) is 23.6 Å². The van der Waals surface area contributed by atoms with E-state index in [2.05, 4.69) is 34.3 Å². The number of rotatable bonds is 4. The molecule has 0 aliphatic carbocycles. The fourth-order valence-corrected chi connectivity index (χ4v) is 3.17. The first-order valence-electron chi connectivity index (χ1n) is 7.73. The lowest BCUT2D eigenvalue weighted by molar-refractivity contribution is 0.100. The van der Waals surface area contributed by atoms with E-state index >= 15 is 0 Å². The van der Waals surface area contributed by atoms with Gasteiger partial charge < -0.3 is 4.74 Å². The van der Waals surface area contributed by atoms with Crippen LogP contribution in [0.1, 0.15) is 22.7 Å². The summed E-state index contributed by atoms with van der Waals surface area (Å²) in [6.45, 7) is 3.92. The first-order chi connectivity index (χ1) is 10.8. The molecular weight excluding hydrogens is 276 g/mol. The highest BCUT2D eigenvalue weighted by atomic mass is 16.5. The molecule has 0 unspecified atom stereocenters. The maximum atomic E-state index is 8.83. The minimum absolute atomic E-state index is 0.413. The Kier molecular flexibility index (Phi) is 3.32. The second-order valence-corrected chi connectivity index (χ2v) is 6.02. The molecule has 3 heterocycles.